The lowest BCUT2D eigenvalue weighted by atomic mass is 9.94. The van der Waals surface area contributed by atoms with Crippen LogP contribution in [-0.4, -0.2) is 60.0 Å². The van der Waals surface area contributed by atoms with Gasteiger partial charge in [0.05, 0.1) is 30.8 Å². The summed E-state index contributed by atoms with van der Waals surface area (Å²) in [6.07, 6.45) is 11.6. The minimum Gasteiger partial charge on any atom is -0.391 e. The van der Waals surface area contributed by atoms with E-state index < -0.39 is 6.10 Å². The van der Waals surface area contributed by atoms with Crippen LogP contribution in [-0.2, 0) is 11.2 Å². The number of benzene rings is 1. The van der Waals surface area contributed by atoms with E-state index in [2.05, 4.69) is 23.2 Å². The number of hydrogen-bond acceptors (Lipinski definition) is 5. The molecule has 2 heterocycles. The smallest absolute Gasteiger partial charge is 0.152 e. The standard InChI is InChI=1S/C25H29N3O3/c1-17-11-18(7-9-26-17)12-19-13-20(14-29)25(22-6-4-3-5-21(19)22)27-16-28(2)23-15-31-10-8-24(23)30/h5-7,9,11,13-14,16,23-24,30H,3-4,8,10,12,15H2,1-2H3/b27-16-/t23-,24-/m0/s1. The Kier molecular flexibility index (Phi) is 6.59. The van der Waals surface area contributed by atoms with Crippen molar-refractivity contribution in [3.8, 4) is 0 Å². The molecule has 0 spiro atoms. The number of rotatable bonds is 6. The maximum atomic E-state index is 12.0. The molecule has 31 heavy (non-hydrogen) atoms. The average Bonchev–Trinajstić information content (AvgIpc) is 2.78. The zero-order valence-electron chi connectivity index (χ0n) is 18.1. The van der Waals surface area contributed by atoms with Crippen molar-refractivity contribution in [3.05, 3.63) is 57.2 Å². The number of pyridine rings is 1. The molecule has 0 radical (unpaired) electrons. The number of hydrogen-bond donors (Lipinski definition) is 1. The Hall–Kier alpha value is -2.83. The molecule has 1 aromatic heterocycles. The van der Waals surface area contributed by atoms with Gasteiger partial charge in [0.25, 0.3) is 0 Å². The molecule has 1 fully saturated rings. The van der Waals surface area contributed by atoms with Crippen molar-refractivity contribution in [1.29, 1.82) is 0 Å². The van der Waals surface area contributed by atoms with Crippen LogP contribution in [0.15, 0.2) is 29.4 Å². The second-order valence-corrected chi connectivity index (χ2v) is 8.29. The maximum Gasteiger partial charge on any atom is 0.152 e. The molecule has 2 atom stereocenters. The van der Waals surface area contributed by atoms with Crippen molar-refractivity contribution in [2.75, 3.05) is 20.3 Å². The number of carbonyl (C=O) groups is 1. The molecule has 0 bridgehead atoms. The van der Waals surface area contributed by atoms with Crippen molar-refractivity contribution in [2.45, 2.75) is 44.8 Å². The van der Waals surface area contributed by atoms with Crippen molar-refractivity contribution in [3.63, 3.8) is 0 Å². The largest absolute Gasteiger partial charge is 0.391 e. The lowest BCUT2D eigenvalue weighted by Crippen LogP contribution is -2.47. The number of ether oxygens (including phenoxy) is 1. The zero-order chi connectivity index (χ0) is 21.8. The Bertz CT molecular complexity index is 1110. The van der Waals surface area contributed by atoms with E-state index in [1.165, 1.54) is 5.56 Å². The molecule has 2 aromatic rings. The first-order valence-corrected chi connectivity index (χ1v) is 10.8. The van der Waals surface area contributed by atoms with Crippen LogP contribution in [0.4, 0.5) is 5.69 Å². The number of aliphatic hydroxyl groups excluding tert-OH is 1. The molecule has 6 heteroatoms. The number of likely N-dealkylation sites (N-methyl/N-ethyl adjacent to an activating group) is 1. The lowest BCUT2D eigenvalue weighted by Gasteiger charge is -2.33. The fourth-order valence-corrected chi connectivity index (χ4v) is 4.34. The van der Waals surface area contributed by atoms with E-state index >= 15 is 0 Å². The summed E-state index contributed by atoms with van der Waals surface area (Å²) in [4.78, 5) is 22.9. The van der Waals surface area contributed by atoms with Gasteiger partial charge in [0.15, 0.2) is 6.29 Å². The fourth-order valence-electron chi connectivity index (χ4n) is 4.34. The van der Waals surface area contributed by atoms with Crippen LogP contribution in [0.2, 0.25) is 0 Å². The van der Waals surface area contributed by atoms with Crippen molar-refractivity contribution < 1.29 is 14.6 Å². The Morgan fingerprint density at radius 3 is 2.84 bits per heavy atom. The summed E-state index contributed by atoms with van der Waals surface area (Å²) in [6.45, 7) is 3.03. The first-order chi connectivity index (χ1) is 15.1. The van der Waals surface area contributed by atoms with Gasteiger partial charge in [0.2, 0.25) is 0 Å². The summed E-state index contributed by atoms with van der Waals surface area (Å²) in [5.41, 5.74) is 4.55. The summed E-state index contributed by atoms with van der Waals surface area (Å²) in [7, 11) is 1.88. The predicted molar refractivity (Wildman–Crippen MR) is 122 cm³/mol. The third kappa shape index (κ3) is 4.75. The first-order valence-electron chi connectivity index (χ1n) is 10.8. The van der Waals surface area contributed by atoms with Crippen LogP contribution in [0, 0.1) is 6.92 Å². The van der Waals surface area contributed by atoms with Gasteiger partial charge in [0.1, 0.15) is 0 Å². The summed E-state index contributed by atoms with van der Waals surface area (Å²) in [6, 6.07) is 5.92. The molecule has 0 unspecified atom stereocenters. The van der Waals surface area contributed by atoms with Crippen LogP contribution >= 0.6 is 0 Å². The minimum atomic E-state index is -0.448. The normalized spacial score (nSPS) is 20.6. The van der Waals surface area contributed by atoms with Gasteiger partial charge in [-0.25, -0.2) is 4.99 Å². The monoisotopic (exact) mass is 419 g/mol. The van der Waals surface area contributed by atoms with Gasteiger partial charge in [-0.15, -0.1) is 0 Å². The van der Waals surface area contributed by atoms with E-state index in [0.717, 1.165) is 47.2 Å². The molecule has 1 saturated heterocycles. The molecular weight excluding hydrogens is 390 g/mol. The highest BCUT2D eigenvalue weighted by molar-refractivity contribution is 5.85. The molecule has 1 aromatic carbocycles. The SMILES string of the molecule is Cc1cc(Cc2cc(C=O)c(/N=C\N(C)[C@H]3COCC[C@@H]3O)c3c2=CCCC=3)ccn1. The van der Waals surface area contributed by atoms with Crippen LogP contribution < -0.4 is 10.4 Å². The van der Waals surface area contributed by atoms with Gasteiger partial charge >= 0.3 is 0 Å². The maximum absolute atomic E-state index is 12.0. The van der Waals surface area contributed by atoms with E-state index in [0.29, 0.717) is 30.9 Å². The highest BCUT2D eigenvalue weighted by Gasteiger charge is 2.26. The first kappa shape index (κ1) is 21.4. The van der Waals surface area contributed by atoms with E-state index in [1.807, 2.05) is 37.2 Å². The number of fused-ring (bicyclic) bond motifs is 1. The van der Waals surface area contributed by atoms with E-state index in [4.69, 9.17) is 9.73 Å². The van der Waals surface area contributed by atoms with E-state index in [9.17, 15) is 9.90 Å². The number of aryl methyl sites for hydroxylation is 1. The molecular formula is C25H29N3O3. The predicted octanol–water partition coefficient (Wildman–Crippen LogP) is 1.89. The fraction of sp³-hybridized carbons (Fsp3) is 0.400. The van der Waals surface area contributed by atoms with Gasteiger partial charge in [-0.05, 0) is 67.2 Å². The Morgan fingerprint density at radius 1 is 1.29 bits per heavy atom. The van der Waals surface area contributed by atoms with Gasteiger partial charge in [-0.3, -0.25) is 9.78 Å². The minimum absolute atomic E-state index is 0.141. The summed E-state index contributed by atoms with van der Waals surface area (Å²) in [5, 5.41) is 12.4. The molecule has 162 valence electrons. The van der Waals surface area contributed by atoms with Crippen molar-refractivity contribution in [2.24, 2.45) is 4.99 Å². The third-order valence-electron chi connectivity index (χ3n) is 6.02. The Balaban J connectivity index is 1.71. The molecule has 4 rings (SSSR count). The third-order valence-corrected chi connectivity index (χ3v) is 6.02. The molecule has 1 aliphatic carbocycles. The quantitative estimate of drug-likeness (QED) is 0.440. The summed E-state index contributed by atoms with van der Waals surface area (Å²) >= 11 is 0. The van der Waals surface area contributed by atoms with Gasteiger partial charge in [0, 0.05) is 36.3 Å². The Labute approximate surface area is 182 Å². The van der Waals surface area contributed by atoms with Crippen LogP contribution in [0.1, 0.15) is 46.4 Å². The second kappa shape index (κ2) is 9.54. The Morgan fingerprint density at radius 2 is 2.10 bits per heavy atom. The number of nitrogens with zero attached hydrogens (tertiary/aromatic N) is 3. The van der Waals surface area contributed by atoms with E-state index in [-0.39, 0.29) is 6.04 Å². The summed E-state index contributed by atoms with van der Waals surface area (Å²) in [5.74, 6) is 0. The second-order valence-electron chi connectivity index (χ2n) is 8.29. The highest BCUT2D eigenvalue weighted by Crippen LogP contribution is 2.18. The average molecular weight is 420 g/mol. The van der Waals surface area contributed by atoms with E-state index in [1.54, 1.807) is 6.34 Å². The van der Waals surface area contributed by atoms with Crippen molar-refractivity contribution in [1.82, 2.24) is 9.88 Å². The number of aliphatic imine (C=N–C) groups is 1. The number of aldehydes is 1. The topological polar surface area (TPSA) is 75.0 Å². The van der Waals surface area contributed by atoms with Crippen LogP contribution in [0.3, 0.4) is 0 Å². The van der Waals surface area contributed by atoms with Crippen LogP contribution in [0.5, 0.6) is 0 Å². The highest BCUT2D eigenvalue weighted by atomic mass is 16.5. The molecule has 0 saturated carbocycles. The van der Waals surface area contributed by atoms with Crippen molar-refractivity contribution >= 4 is 30.5 Å². The number of aliphatic hydroxyl groups is 1. The zero-order valence-corrected chi connectivity index (χ0v) is 18.1. The molecule has 2 aliphatic rings. The molecule has 6 nitrogen and oxygen atoms in total. The summed E-state index contributed by atoms with van der Waals surface area (Å²) < 4.78 is 5.51. The number of aromatic nitrogens is 1. The molecule has 1 N–H and O–H groups in total. The lowest BCUT2D eigenvalue weighted by molar-refractivity contribution is -0.0364. The number of carbonyl (C=O) groups excluding carboxylic acids is 1. The van der Waals surface area contributed by atoms with Crippen LogP contribution in [0.25, 0.3) is 12.2 Å². The van der Waals surface area contributed by atoms with Gasteiger partial charge in [-0.2, -0.15) is 0 Å². The van der Waals surface area contributed by atoms with Gasteiger partial charge < -0.3 is 14.7 Å². The molecule has 0 amide bonds. The van der Waals surface area contributed by atoms with Gasteiger partial charge in [-0.1, -0.05) is 12.2 Å². The molecule has 1 aliphatic heterocycles.